The first kappa shape index (κ1) is 9.89. The van der Waals surface area contributed by atoms with Crippen molar-refractivity contribution in [2.24, 2.45) is 0 Å². The van der Waals surface area contributed by atoms with E-state index in [9.17, 15) is 0 Å². The Kier molecular flexibility index (Phi) is 2.39. The smallest absolute Gasteiger partial charge is 0.172 e. The molecule has 0 saturated heterocycles. The second kappa shape index (κ2) is 3.62. The molecule has 0 atom stereocenters. The number of aryl methyl sites for hydroxylation is 1. The van der Waals surface area contributed by atoms with E-state index in [-0.39, 0.29) is 0 Å². The SMILES string of the molecule is Brc1cc2c3c(c1)nc(I)n3CCCO2. The van der Waals surface area contributed by atoms with E-state index >= 15 is 0 Å². The first-order valence-electron chi connectivity index (χ1n) is 4.74. The summed E-state index contributed by atoms with van der Waals surface area (Å²) in [6.45, 7) is 1.77. The van der Waals surface area contributed by atoms with Crippen molar-refractivity contribution >= 4 is 49.6 Å². The molecule has 0 spiro atoms. The molecule has 0 N–H and O–H groups in total. The van der Waals surface area contributed by atoms with E-state index in [0.29, 0.717) is 0 Å². The molecule has 2 heterocycles. The molecule has 0 aliphatic carbocycles. The number of ether oxygens (including phenoxy) is 1. The summed E-state index contributed by atoms with van der Waals surface area (Å²) in [5.41, 5.74) is 2.13. The zero-order valence-electron chi connectivity index (χ0n) is 7.83. The van der Waals surface area contributed by atoms with Gasteiger partial charge in [0.1, 0.15) is 11.3 Å². The van der Waals surface area contributed by atoms with Crippen LogP contribution >= 0.6 is 38.5 Å². The van der Waals surface area contributed by atoms with Crippen molar-refractivity contribution in [3.8, 4) is 5.75 Å². The maximum atomic E-state index is 5.72. The molecule has 0 bridgehead atoms. The Bertz CT molecular complexity index is 538. The normalized spacial score (nSPS) is 15.1. The molecule has 1 aromatic carbocycles. The maximum absolute atomic E-state index is 5.72. The van der Waals surface area contributed by atoms with Gasteiger partial charge in [-0.1, -0.05) is 15.9 Å². The Morgan fingerprint density at radius 2 is 2.33 bits per heavy atom. The lowest BCUT2D eigenvalue weighted by Crippen LogP contribution is -2.00. The van der Waals surface area contributed by atoms with E-state index in [0.717, 1.165) is 44.7 Å². The molecule has 3 rings (SSSR count). The highest BCUT2D eigenvalue weighted by atomic mass is 127. The van der Waals surface area contributed by atoms with E-state index in [2.05, 4.69) is 48.1 Å². The van der Waals surface area contributed by atoms with Crippen LogP contribution in [0.2, 0.25) is 0 Å². The van der Waals surface area contributed by atoms with Crippen LogP contribution in [0.15, 0.2) is 16.6 Å². The fraction of sp³-hybridized carbons (Fsp3) is 0.300. The monoisotopic (exact) mass is 378 g/mol. The van der Waals surface area contributed by atoms with Gasteiger partial charge in [0.15, 0.2) is 3.83 Å². The minimum Gasteiger partial charge on any atom is -0.491 e. The molecule has 0 amide bonds. The third-order valence-electron chi connectivity index (χ3n) is 2.51. The van der Waals surface area contributed by atoms with Gasteiger partial charge in [-0.3, -0.25) is 0 Å². The van der Waals surface area contributed by atoms with Crippen molar-refractivity contribution in [3.63, 3.8) is 0 Å². The van der Waals surface area contributed by atoms with Gasteiger partial charge in [0, 0.05) is 11.0 Å². The molecule has 2 aromatic rings. The summed E-state index contributed by atoms with van der Waals surface area (Å²) in [6.07, 6.45) is 1.04. The number of hydrogen-bond donors (Lipinski definition) is 0. The molecule has 0 fully saturated rings. The van der Waals surface area contributed by atoms with Crippen LogP contribution in [-0.2, 0) is 6.54 Å². The van der Waals surface area contributed by atoms with E-state index in [4.69, 9.17) is 4.74 Å². The highest BCUT2D eigenvalue weighted by Crippen LogP contribution is 2.33. The van der Waals surface area contributed by atoms with Crippen LogP contribution in [0, 0.1) is 3.83 Å². The van der Waals surface area contributed by atoms with Gasteiger partial charge in [-0.25, -0.2) is 4.98 Å². The zero-order valence-corrected chi connectivity index (χ0v) is 11.6. The Morgan fingerprint density at radius 3 is 3.20 bits per heavy atom. The molecule has 0 unspecified atom stereocenters. The predicted molar refractivity (Wildman–Crippen MR) is 70.3 cm³/mol. The Hall–Kier alpha value is -0.300. The minimum atomic E-state index is 0.781. The molecule has 1 aromatic heterocycles. The van der Waals surface area contributed by atoms with Crippen molar-refractivity contribution < 1.29 is 4.74 Å². The quantitative estimate of drug-likeness (QED) is 0.658. The van der Waals surface area contributed by atoms with E-state index < -0.39 is 0 Å². The third-order valence-corrected chi connectivity index (χ3v) is 3.79. The number of halogens is 2. The molecule has 78 valence electrons. The number of benzene rings is 1. The average molecular weight is 379 g/mol. The highest BCUT2D eigenvalue weighted by Gasteiger charge is 2.16. The predicted octanol–water partition coefficient (Wildman–Crippen LogP) is 3.19. The van der Waals surface area contributed by atoms with Crippen LogP contribution < -0.4 is 4.74 Å². The lowest BCUT2D eigenvalue weighted by molar-refractivity contribution is 0.315. The summed E-state index contributed by atoms with van der Waals surface area (Å²) in [6, 6.07) is 4.05. The Labute approximate surface area is 109 Å². The van der Waals surface area contributed by atoms with Gasteiger partial charge in [-0.05, 0) is 41.1 Å². The third kappa shape index (κ3) is 1.56. The van der Waals surface area contributed by atoms with Crippen molar-refractivity contribution in [2.75, 3.05) is 6.61 Å². The first-order valence-corrected chi connectivity index (χ1v) is 6.61. The van der Waals surface area contributed by atoms with Crippen LogP contribution in [0.1, 0.15) is 6.42 Å². The van der Waals surface area contributed by atoms with E-state index in [1.54, 1.807) is 0 Å². The lowest BCUT2D eigenvalue weighted by Gasteiger charge is -2.04. The summed E-state index contributed by atoms with van der Waals surface area (Å²) in [5.74, 6) is 0.937. The second-order valence-corrected chi connectivity index (χ2v) is 5.39. The van der Waals surface area contributed by atoms with Crippen molar-refractivity contribution in [2.45, 2.75) is 13.0 Å². The first-order chi connectivity index (χ1) is 7.25. The second-order valence-electron chi connectivity index (χ2n) is 3.51. The molecule has 1 aliphatic heterocycles. The molecule has 0 radical (unpaired) electrons. The number of hydrogen-bond acceptors (Lipinski definition) is 2. The maximum Gasteiger partial charge on any atom is 0.172 e. The van der Waals surface area contributed by atoms with Gasteiger partial charge in [-0.2, -0.15) is 0 Å². The highest BCUT2D eigenvalue weighted by molar-refractivity contribution is 14.1. The van der Waals surface area contributed by atoms with Crippen LogP contribution in [0.5, 0.6) is 5.75 Å². The summed E-state index contributed by atoms with van der Waals surface area (Å²) in [5, 5.41) is 0. The molecule has 15 heavy (non-hydrogen) atoms. The van der Waals surface area contributed by atoms with E-state index in [1.807, 2.05) is 12.1 Å². The largest absolute Gasteiger partial charge is 0.491 e. The lowest BCUT2D eigenvalue weighted by atomic mass is 10.3. The molecule has 5 heteroatoms. The van der Waals surface area contributed by atoms with Crippen molar-refractivity contribution in [1.82, 2.24) is 9.55 Å². The van der Waals surface area contributed by atoms with Crippen molar-refractivity contribution in [3.05, 3.63) is 20.4 Å². The summed E-state index contributed by atoms with van der Waals surface area (Å²) in [7, 11) is 0. The molecule has 0 saturated carbocycles. The van der Waals surface area contributed by atoms with Crippen LogP contribution in [0.4, 0.5) is 0 Å². The zero-order chi connectivity index (χ0) is 10.4. The average Bonchev–Trinajstić information content (AvgIpc) is 2.39. The summed E-state index contributed by atoms with van der Waals surface area (Å²) >= 11 is 5.75. The molecular weight excluding hydrogens is 371 g/mol. The van der Waals surface area contributed by atoms with Gasteiger partial charge >= 0.3 is 0 Å². The van der Waals surface area contributed by atoms with Gasteiger partial charge < -0.3 is 9.30 Å². The summed E-state index contributed by atoms with van der Waals surface area (Å²) in [4.78, 5) is 4.53. The Morgan fingerprint density at radius 1 is 1.47 bits per heavy atom. The Balaban J connectivity index is 2.42. The van der Waals surface area contributed by atoms with Gasteiger partial charge in [0.2, 0.25) is 0 Å². The topological polar surface area (TPSA) is 27.1 Å². The fourth-order valence-electron chi connectivity index (χ4n) is 1.89. The molecule has 3 nitrogen and oxygen atoms in total. The number of nitrogens with zero attached hydrogens (tertiary/aromatic N) is 2. The minimum absolute atomic E-state index is 0.781. The van der Waals surface area contributed by atoms with Crippen LogP contribution in [0.25, 0.3) is 11.0 Å². The van der Waals surface area contributed by atoms with Crippen LogP contribution in [0.3, 0.4) is 0 Å². The number of imidazole rings is 1. The van der Waals surface area contributed by atoms with Gasteiger partial charge in [0.25, 0.3) is 0 Å². The van der Waals surface area contributed by atoms with Crippen molar-refractivity contribution in [1.29, 1.82) is 0 Å². The number of aromatic nitrogens is 2. The molecular formula is C10H8BrIN2O. The van der Waals surface area contributed by atoms with E-state index in [1.165, 1.54) is 0 Å². The van der Waals surface area contributed by atoms with Gasteiger partial charge in [-0.15, -0.1) is 0 Å². The van der Waals surface area contributed by atoms with Gasteiger partial charge in [0.05, 0.1) is 12.1 Å². The fourth-order valence-corrected chi connectivity index (χ4v) is 3.05. The standard InChI is InChI=1S/C10H8BrIN2O/c11-6-4-7-9-8(5-6)15-3-1-2-14(9)10(12)13-7/h4-5H,1-3H2. The molecule has 1 aliphatic rings. The summed E-state index contributed by atoms with van der Waals surface area (Å²) < 4.78 is 10.0. The van der Waals surface area contributed by atoms with Crippen LogP contribution in [-0.4, -0.2) is 16.2 Å². The number of rotatable bonds is 0.